The first kappa shape index (κ1) is 15.3. The summed E-state index contributed by atoms with van der Waals surface area (Å²) in [6.45, 7) is 0.892. The summed E-state index contributed by atoms with van der Waals surface area (Å²) in [4.78, 5) is 16.3. The van der Waals surface area contributed by atoms with Crippen LogP contribution in [0.25, 0.3) is 10.2 Å². The highest BCUT2D eigenvalue weighted by Gasteiger charge is 2.05. The number of carbonyl (C=O) groups excluding carboxylic acids is 1. The molecule has 23 heavy (non-hydrogen) atoms. The van der Waals surface area contributed by atoms with Crippen molar-refractivity contribution in [1.29, 1.82) is 0 Å². The first-order chi connectivity index (χ1) is 11.2. The van der Waals surface area contributed by atoms with Gasteiger partial charge in [-0.05, 0) is 29.8 Å². The van der Waals surface area contributed by atoms with E-state index in [4.69, 9.17) is 4.74 Å². The molecule has 0 fully saturated rings. The van der Waals surface area contributed by atoms with Gasteiger partial charge in [-0.2, -0.15) is 0 Å². The number of benzene rings is 2. The maximum atomic E-state index is 11.9. The minimum atomic E-state index is -0.208. The van der Waals surface area contributed by atoms with Crippen LogP contribution in [0.2, 0.25) is 0 Å². The molecule has 0 atom stereocenters. The van der Waals surface area contributed by atoms with Crippen LogP contribution in [0.4, 0.5) is 4.79 Å². The Bertz CT molecular complexity index is 766. The van der Waals surface area contributed by atoms with Crippen molar-refractivity contribution in [3.05, 3.63) is 59.1 Å². The van der Waals surface area contributed by atoms with Gasteiger partial charge in [0.15, 0.2) is 0 Å². The molecule has 0 aliphatic carbocycles. The number of rotatable bonds is 5. The van der Waals surface area contributed by atoms with E-state index in [9.17, 15) is 4.79 Å². The van der Waals surface area contributed by atoms with Gasteiger partial charge in [-0.15, -0.1) is 11.3 Å². The summed E-state index contributed by atoms with van der Waals surface area (Å²) < 4.78 is 6.23. The summed E-state index contributed by atoms with van der Waals surface area (Å²) in [6.07, 6.45) is 0. The lowest BCUT2D eigenvalue weighted by Gasteiger charge is -2.07. The number of nitrogens with one attached hydrogen (secondary N) is 2. The summed E-state index contributed by atoms with van der Waals surface area (Å²) in [7, 11) is 1.63. The van der Waals surface area contributed by atoms with Gasteiger partial charge in [-0.25, -0.2) is 9.78 Å². The van der Waals surface area contributed by atoms with Crippen molar-refractivity contribution in [1.82, 2.24) is 15.6 Å². The Morgan fingerprint density at radius 3 is 2.57 bits per heavy atom. The van der Waals surface area contributed by atoms with Crippen LogP contribution in [0.1, 0.15) is 10.6 Å². The molecule has 2 N–H and O–H groups in total. The highest BCUT2D eigenvalue weighted by Crippen LogP contribution is 2.21. The molecule has 0 saturated heterocycles. The van der Waals surface area contributed by atoms with Crippen LogP contribution in [0.3, 0.4) is 0 Å². The zero-order chi connectivity index (χ0) is 16.1. The fourth-order valence-corrected chi connectivity index (χ4v) is 3.05. The highest BCUT2D eigenvalue weighted by atomic mass is 32.1. The highest BCUT2D eigenvalue weighted by molar-refractivity contribution is 7.18. The van der Waals surface area contributed by atoms with E-state index < -0.39 is 0 Å². The first-order valence-corrected chi connectivity index (χ1v) is 8.05. The fourth-order valence-electron chi connectivity index (χ4n) is 2.14. The van der Waals surface area contributed by atoms with E-state index in [1.165, 1.54) is 0 Å². The normalized spacial score (nSPS) is 10.5. The third-order valence-electron chi connectivity index (χ3n) is 3.35. The number of fused-ring (bicyclic) bond motifs is 1. The molecule has 3 rings (SSSR count). The van der Waals surface area contributed by atoms with E-state index in [1.807, 2.05) is 48.5 Å². The van der Waals surface area contributed by atoms with Gasteiger partial charge in [0.25, 0.3) is 0 Å². The molecule has 1 heterocycles. The maximum Gasteiger partial charge on any atom is 0.315 e. The minimum absolute atomic E-state index is 0.208. The Morgan fingerprint density at radius 2 is 1.83 bits per heavy atom. The SMILES string of the molecule is COc1ccc(CNC(=O)NCc2nc3ccccc3s2)cc1. The summed E-state index contributed by atoms with van der Waals surface area (Å²) >= 11 is 1.59. The number of urea groups is 1. The minimum Gasteiger partial charge on any atom is -0.497 e. The van der Waals surface area contributed by atoms with Crippen molar-refractivity contribution >= 4 is 27.6 Å². The molecular weight excluding hydrogens is 310 g/mol. The Labute approximate surface area is 138 Å². The van der Waals surface area contributed by atoms with Crippen LogP contribution in [0.5, 0.6) is 5.75 Å². The Morgan fingerprint density at radius 1 is 1.09 bits per heavy atom. The molecule has 5 nitrogen and oxygen atoms in total. The summed E-state index contributed by atoms with van der Waals surface area (Å²) in [6, 6.07) is 15.3. The third kappa shape index (κ3) is 3.98. The van der Waals surface area contributed by atoms with Crippen LogP contribution in [-0.4, -0.2) is 18.1 Å². The second-order valence-electron chi connectivity index (χ2n) is 4.96. The number of carbonyl (C=O) groups is 1. The summed E-state index contributed by atoms with van der Waals surface area (Å²) in [5.74, 6) is 0.800. The molecule has 0 radical (unpaired) electrons. The molecular formula is C17H17N3O2S. The van der Waals surface area contributed by atoms with Crippen LogP contribution < -0.4 is 15.4 Å². The first-order valence-electron chi connectivity index (χ1n) is 7.23. The zero-order valence-corrected chi connectivity index (χ0v) is 13.5. The van der Waals surface area contributed by atoms with Crippen LogP contribution in [-0.2, 0) is 13.1 Å². The topological polar surface area (TPSA) is 63.2 Å². The van der Waals surface area contributed by atoms with Gasteiger partial charge in [0.2, 0.25) is 0 Å². The zero-order valence-electron chi connectivity index (χ0n) is 12.7. The Kier molecular flexibility index (Phi) is 4.73. The van der Waals surface area contributed by atoms with Crippen molar-refractivity contribution in [2.75, 3.05) is 7.11 Å². The number of hydrogen-bond donors (Lipinski definition) is 2. The van der Waals surface area contributed by atoms with Crippen LogP contribution in [0.15, 0.2) is 48.5 Å². The number of thiazole rings is 1. The maximum absolute atomic E-state index is 11.9. The molecule has 2 aromatic carbocycles. The molecule has 2 amide bonds. The summed E-state index contributed by atoms with van der Waals surface area (Å²) in [5, 5.41) is 6.55. The van der Waals surface area contributed by atoms with Gasteiger partial charge in [0.1, 0.15) is 10.8 Å². The van der Waals surface area contributed by atoms with Gasteiger partial charge in [0, 0.05) is 6.54 Å². The van der Waals surface area contributed by atoms with Gasteiger partial charge < -0.3 is 15.4 Å². The van der Waals surface area contributed by atoms with Crippen molar-refractivity contribution in [3.8, 4) is 5.75 Å². The molecule has 1 aromatic heterocycles. The largest absolute Gasteiger partial charge is 0.497 e. The Hall–Kier alpha value is -2.60. The van der Waals surface area contributed by atoms with E-state index >= 15 is 0 Å². The van der Waals surface area contributed by atoms with Gasteiger partial charge in [-0.3, -0.25) is 0 Å². The van der Waals surface area contributed by atoms with Gasteiger partial charge in [-0.1, -0.05) is 24.3 Å². The number of ether oxygens (including phenoxy) is 1. The lowest BCUT2D eigenvalue weighted by molar-refractivity contribution is 0.240. The smallest absolute Gasteiger partial charge is 0.315 e. The lowest BCUT2D eigenvalue weighted by Crippen LogP contribution is -2.34. The van der Waals surface area contributed by atoms with E-state index in [-0.39, 0.29) is 6.03 Å². The van der Waals surface area contributed by atoms with E-state index in [2.05, 4.69) is 15.6 Å². The van der Waals surface area contributed by atoms with Crippen molar-refractivity contribution < 1.29 is 9.53 Å². The number of nitrogens with zero attached hydrogens (tertiary/aromatic N) is 1. The molecule has 0 saturated carbocycles. The number of para-hydroxylation sites is 1. The molecule has 6 heteroatoms. The van der Waals surface area contributed by atoms with Crippen molar-refractivity contribution in [2.24, 2.45) is 0 Å². The number of methoxy groups -OCH3 is 1. The third-order valence-corrected chi connectivity index (χ3v) is 4.39. The fraction of sp³-hybridized carbons (Fsp3) is 0.176. The Balaban J connectivity index is 1.49. The monoisotopic (exact) mass is 327 g/mol. The van der Waals surface area contributed by atoms with Crippen LogP contribution >= 0.6 is 11.3 Å². The number of hydrogen-bond acceptors (Lipinski definition) is 4. The molecule has 0 unspecified atom stereocenters. The molecule has 0 spiro atoms. The molecule has 0 aliphatic rings. The molecule has 118 valence electrons. The van der Waals surface area contributed by atoms with Crippen molar-refractivity contribution in [3.63, 3.8) is 0 Å². The lowest BCUT2D eigenvalue weighted by atomic mass is 10.2. The number of amides is 2. The van der Waals surface area contributed by atoms with E-state index in [0.717, 1.165) is 26.5 Å². The predicted octanol–water partition coefficient (Wildman–Crippen LogP) is 3.30. The molecule has 3 aromatic rings. The second-order valence-corrected chi connectivity index (χ2v) is 6.07. The van der Waals surface area contributed by atoms with Gasteiger partial charge >= 0.3 is 6.03 Å². The average molecular weight is 327 g/mol. The van der Waals surface area contributed by atoms with Crippen LogP contribution in [0, 0.1) is 0 Å². The molecule has 0 aliphatic heterocycles. The standard InChI is InChI=1S/C17H17N3O2S/c1-22-13-8-6-12(7-9-13)10-18-17(21)19-11-16-20-14-4-2-3-5-15(14)23-16/h2-9H,10-11H2,1H3,(H2,18,19,21). The van der Waals surface area contributed by atoms with Crippen molar-refractivity contribution in [2.45, 2.75) is 13.1 Å². The van der Waals surface area contributed by atoms with E-state index in [1.54, 1.807) is 18.4 Å². The number of aromatic nitrogens is 1. The second kappa shape index (κ2) is 7.11. The van der Waals surface area contributed by atoms with Gasteiger partial charge in [0.05, 0.1) is 23.9 Å². The predicted molar refractivity (Wildman–Crippen MR) is 91.7 cm³/mol. The quantitative estimate of drug-likeness (QED) is 0.756. The summed E-state index contributed by atoms with van der Waals surface area (Å²) in [5.41, 5.74) is 1.98. The van der Waals surface area contributed by atoms with E-state index in [0.29, 0.717) is 13.1 Å². The molecule has 0 bridgehead atoms. The average Bonchev–Trinajstić information content (AvgIpc) is 3.01.